The van der Waals surface area contributed by atoms with Gasteiger partial charge >= 0.3 is 6.03 Å². The van der Waals surface area contributed by atoms with Gasteiger partial charge in [0, 0.05) is 25.0 Å². The molecule has 2 amide bonds. The molecule has 0 unspecified atom stereocenters. The van der Waals surface area contributed by atoms with Crippen LogP contribution >= 0.6 is 15.9 Å². The Bertz CT molecular complexity index is 598. The van der Waals surface area contributed by atoms with Crippen LogP contribution in [0.2, 0.25) is 0 Å². The fraction of sp³-hybridized carbons (Fsp3) is 0.333. The standard InChI is InChI=1S/C15H19BrN4O2/c1-2-22-14-6-4-13(5-7-14)19-15(21)17-8-3-9-20-11-12(16)10-18-20/h4-7,10-11H,2-3,8-9H2,1H3,(H2,17,19,21). The van der Waals surface area contributed by atoms with Crippen molar-refractivity contribution >= 4 is 27.6 Å². The Labute approximate surface area is 138 Å². The number of ether oxygens (including phenoxy) is 1. The molecule has 1 heterocycles. The number of halogens is 1. The summed E-state index contributed by atoms with van der Waals surface area (Å²) in [4.78, 5) is 11.8. The van der Waals surface area contributed by atoms with Gasteiger partial charge in [0.2, 0.25) is 0 Å². The minimum Gasteiger partial charge on any atom is -0.494 e. The van der Waals surface area contributed by atoms with Gasteiger partial charge < -0.3 is 15.4 Å². The summed E-state index contributed by atoms with van der Waals surface area (Å²) < 4.78 is 8.13. The molecule has 22 heavy (non-hydrogen) atoms. The lowest BCUT2D eigenvalue weighted by molar-refractivity contribution is 0.251. The summed E-state index contributed by atoms with van der Waals surface area (Å²) in [6.07, 6.45) is 4.46. The van der Waals surface area contributed by atoms with Gasteiger partial charge in [-0.1, -0.05) is 0 Å². The molecule has 0 saturated heterocycles. The van der Waals surface area contributed by atoms with Crippen molar-refractivity contribution in [2.75, 3.05) is 18.5 Å². The zero-order valence-electron chi connectivity index (χ0n) is 12.4. The Morgan fingerprint density at radius 2 is 2.14 bits per heavy atom. The summed E-state index contributed by atoms with van der Waals surface area (Å²) in [5, 5.41) is 9.75. The van der Waals surface area contributed by atoms with E-state index in [1.807, 2.05) is 42.1 Å². The first-order chi connectivity index (χ1) is 10.7. The number of urea groups is 1. The molecule has 0 aliphatic heterocycles. The Kier molecular flexibility index (Phi) is 6.27. The summed E-state index contributed by atoms with van der Waals surface area (Å²) in [6.45, 7) is 3.90. The third kappa shape index (κ3) is 5.40. The lowest BCUT2D eigenvalue weighted by Gasteiger charge is -2.08. The number of amides is 2. The van der Waals surface area contributed by atoms with E-state index in [1.54, 1.807) is 6.20 Å². The lowest BCUT2D eigenvalue weighted by atomic mass is 10.3. The smallest absolute Gasteiger partial charge is 0.319 e. The van der Waals surface area contributed by atoms with Crippen LogP contribution < -0.4 is 15.4 Å². The number of carbonyl (C=O) groups excluding carboxylic acids is 1. The Morgan fingerprint density at radius 1 is 1.36 bits per heavy atom. The fourth-order valence-corrected chi connectivity index (χ4v) is 2.21. The number of nitrogens with zero attached hydrogens (tertiary/aromatic N) is 2. The first-order valence-corrected chi connectivity index (χ1v) is 7.92. The van der Waals surface area contributed by atoms with Crippen LogP contribution in [-0.2, 0) is 6.54 Å². The van der Waals surface area contributed by atoms with Gasteiger partial charge in [0.25, 0.3) is 0 Å². The van der Waals surface area contributed by atoms with Crippen LogP contribution in [0.3, 0.4) is 0 Å². The van der Waals surface area contributed by atoms with Crippen LogP contribution in [0.5, 0.6) is 5.75 Å². The summed E-state index contributed by atoms with van der Waals surface area (Å²) in [5.41, 5.74) is 0.733. The van der Waals surface area contributed by atoms with E-state index in [1.165, 1.54) is 0 Å². The predicted octanol–water partition coefficient (Wildman–Crippen LogP) is 3.26. The van der Waals surface area contributed by atoms with Crippen molar-refractivity contribution in [1.29, 1.82) is 0 Å². The molecule has 1 aromatic carbocycles. The van der Waals surface area contributed by atoms with Crippen molar-refractivity contribution in [2.45, 2.75) is 19.9 Å². The van der Waals surface area contributed by atoms with Gasteiger partial charge in [-0.05, 0) is 53.5 Å². The van der Waals surface area contributed by atoms with E-state index in [9.17, 15) is 4.79 Å². The molecule has 1 aromatic heterocycles. The van der Waals surface area contributed by atoms with Crippen LogP contribution in [0.4, 0.5) is 10.5 Å². The summed E-state index contributed by atoms with van der Waals surface area (Å²) >= 11 is 3.34. The largest absolute Gasteiger partial charge is 0.494 e. The molecule has 0 atom stereocenters. The zero-order chi connectivity index (χ0) is 15.8. The number of aromatic nitrogens is 2. The Morgan fingerprint density at radius 3 is 2.77 bits per heavy atom. The molecule has 2 rings (SSSR count). The number of hydrogen-bond donors (Lipinski definition) is 2. The van der Waals surface area contributed by atoms with E-state index in [2.05, 4.69) is 31.7 Å². The fourth-order valence-electron chi connectivity index (χ4n) is 1.88. The minimum absolute atomic E-state index is 0.217. The van der Waals surface area contributed by atoms with Crippen LogP contribution in [0.25, 0.3) is 0 Å². The van der Waals surface area contributed by atoms with Crippen molar-refractivity contribution in [2.24, 2.45) is 0 Å². The highest BCUT2D eigenvalue weighted by atomic mass is 79.9. The van der Waals surface area contributed by atoms with Crippen LogP contribution in [-0.4, -0.2) is 29.0 Å². The molecule has 0 bridgehead atoms. The zero-order valence-corrected chi connectivity index (χ0v) is 14.0. The highest BCUT2D eigenvalue weighted by Gasteiger charge is 2.02. The average Bonchev–Trinajstić information content (AvgIpc) is 2.92. The monoisotopic (exact) mass is 366 g/mol. The van der Waals surface area contributed by atoms with Crippen LogP contribution in [0, 0.1) is 0 Å². The Balaban J connectivity index is 1.66. The third-order valence-corrected chi connectivity index (χ3v) is 3.28. The molecule has 0 saturated carbocycles. The second kappa shape index (κ2) is 8.43. The SMILES string of the molecule is CCOc1ccc(NC(=O)NCCCn2cc(Br)cn2)cc1. The van der Waals surface area contributed by atoms with Crippen LogP contribution in [0.1, 0.15) is 13.3 Å². The molecule has 0 aliphatic carbocycles. The van der Waals surface area contributed by atoms with Gasteiger partial charge in [0.05, 0.1) is 17.3 Å². The highest BCUT2D eigenvalue weighted by Crippen LogP contribution is 2.15. The summed E-state index contributed by atoms with van der Waals surface area (Å²) in [5.74, 6) is 0.791. The molecule has 0 fully saturated rings. The molecule has 2 aromatic rings. The maximum absolute atomic E-state index is 11.8. The maximum Gasteiger partial charge on any atom is 0.319 e. The molecular weight excluding hydrogens is 348 g/mol. The van der Waals surface area contributed by atoms with Crippen molar-refractivity contribution in [3.8, 4) is 5.75 Å². The second-order valence-electron chi connectivity index (χ2n) is 4.61. The molecule has 0 spiro atoms. The van der Waals surface area contributed by atoms with Gasteiger partial charge in [-0.25, -0.2) is 4.79 Å². The normalized spacial score (nSPS) is 10.3. The number of carbonyl (C=O) groups is 1. The minimum atomic E-state index is -0.217. The van der Waals surface area contributed by atoms with E-state index in [4.69, 9.17) is 4.74 Å². The van der Waals surface area contributed by atoms with Crippen molar-refractivity contribution < 1.29 is 9.53 Å². The van der Waals surface area contributed by atoms with E-state index in [0.29, 0.717) is 13.2 Å². The second-order valence-corrected chi connectivity index (χ2v) is 5.53. The molecular formula is C15H19BrN4O2. The van der Waals surface area contributed by atoms with Gasteiger partial charge in [-0.2, -0.15) is 5.10 Å². The third-order valence-electron chi connectivity index (χ3n) is 2.87. The first kappa shape index (κ1) is 16.4. The van der Waals surface area contributed by atoms with E-state index < -0.39 is 0 Å². The number of rotatable bonds is 7. The number of nitrogens with one attached hydrogen (secondary N) is 2. The summed E-state index contributed by atoms with van der Waals surface area (Å²) in [6, 6.07) is 7.06. The molecule has 0 aliphatic rings. The number of benzene rings is 1. The van der Waals surface area contributed by atoms with Crippen LogP contribution in [0.15, 0.2) is 41.1 Å². The van der Waals surface area contributed by atoms with E-state index in [-0.39, 0.29) is 6.03 Å². The lowest BCUT2D eigenvalue weighted by Crippen LogP contribution is -2.30. The first-order valence-electron chi connectivity index (χ1n) is 7.13. The maximum atomic E-state index is 11.8. The van der Waals surface area contributed by atoms with Gasteiger partial charge in [0.1, 0.15) is 5.75 Å². The van der Waals surface area contributed by atoms with Gasteiger partial charge in [-0.15, -0.1) is 0 Å². The van der Waals surface area contributed by atoms with E-state index >= 15 is 0 Å². The van der Waals surface area contributed by atoms with Crippen molar-refractivity contribution in [1.82, 2.24) is 15.1 Å². The average molecular weight is 367 g/mol. The number of aryl methyl sites for hydroxylation is 1. The Hall–Kier alpha value is -2.02. The number of hydrogen-bond acceptors (Lipinski definition) is 3. The molecule has 6 nitrogen and oxygen atoms in total. The van der Waals surface area contributed by atoms with Gasteiger partial charge in [0.15, 0.2) is 0 Å². The topological polar surface area (TPSA) is 68.2 Å². The molecule has 7 heteroatoms. The van der Waals surface area contributed by atoms with Crippen molar-refractivity contribution in [3.05, 3.63) is 41.1 Å². The molecule has 118 valence electrons. The predicted molar refractivity (Wildman–Crippen MR) is 89.2 cm³/mol. The highest BCUT2D eigenvalue weighted by molar-refractivity contribution is 9.10. The van der Waals surface area contributed by atoms with E-state index in [0.717, 1.165) is 28.9 Å². The molecule has 0 radical (unpaired) electrons. The molecule has 2 N–H and O–H groups in total. The van der Waals surface area contributed by atoms with Crippen molar-refractivity contribution in [3.63, 3.8) is 0 Å². The van der Waals surface area contributed by atoms with Gasteiger partial charge in [-0.3, -0.25) is 4.68 Å². The number of anilines is 1. The summed E-state index contributed by atoms with van der Waals surface area (Å²) in [7, 11) is 0. The quantitative estimate of drug-likeness (QED) is 0.739.